The Morgan fingerprint density at radius 2 is 1.67 bits per heavy atom. The summed E-state index contributed by atoms with van der Waals surface area (Å²) in [6, 6.07) is 0. The van der Waals surface area contributed by atoms with Crippen molar-refractivity contribution in [2.24, 2.45) is 35.5 Å². The smallest absolute Gasteiger partial charge is 0.316 e. The molecule has 36 heavy (non-hydrogen) atoms. The fourth-order valence-corrected chi connectivity index (χ4v) is 5.95. The highest BCUT2D eigenvalue weighted by Crippen LogP contribution is 2.47. The monoisotopic (exact) mass is 542 g/mol. The summed E-state index contributed by atoms with van der Waals surface area (Å²) in [7, 11) is 0. The first-order valence-corrected chi connectivity index (χ1v) is 13.5. The molecule has 0 aromatic rings. The summed E-state index contributed by atoms with van der Waals surface area (Å²) in [6.07, 6.45) is 12.0. The number of hydrogen-bond donors (Lipinski definition) is 1. The van der Waals surface area contributed by atoms with Gasteiger partial charge in [-0.15, -0.1) is 0 Å². The standard InChI is InChI=1S/C28H40Cl2O6/c1-7-21-20(15-27(6,16-31)35-8-2)13-14-22-17(3)11-9-10-12-18(4)36-26(34)19(5)24(32)28(29,30)25(33)23(21)22/h9-14,17-23,31H,7-8,15-16H2,1-6H3/b11-9-,12-10+/t17-,18+,19+,20-,21-,22+,23+,27-/m1/s1. The van der Waals surface area contributed by atoms with Gasteiger partial charge in [-0.25, -0.2) is 0 Å². The third-order valence-corrected chi connectivity index (χ3v) is 8.20. The lowest BCUT2D eigenvalue weighted by atomic mass is 9.62. The molecule has 1 aliphatic carbocycles. The molecule has 0 aromatic carbocycles. The van der Waals surface area contributed by atoms with E-state index in [1.165, 1.54) is 6.92 Å². The highest BCUT2D eigenvalue weighted by molar-refractivity contribution is 6.68. The largest absolute Gasteiger partial charge is 0.458 e. The molecule has 0 aromatic heterocycles. The van der Waals surface area contributed by atoms with Crippen molar-refractivity contribution in [1.82, 2.24) is 0 Å². The number of halogens is 2. The number of ether oxygens (including phenoxy) is 2. The topological polar surface area (TPSA) is 89.9 Å². The van der Waals surface area contributed by atoms with E-state index in [4.69, 9.17) is 32.7 Å². The lowest BCUT2D eigenvalue weighted by molar-refractivity contribution is -0.154. The summed E-state index contributed by atoms with van der Waals surface area (Å²) in [5, 5.41) is 10.0. The average Bonchev–Trinajstić information content (AvgIpc) is 2.84. The first-order valence-electron chi connectivity index (χ1n) is 12.8. The maximum atomic E-state index is 14.0. The van der Waals surface area contributed by atoms with E-state index in [0.29, 0.717) is 19.4 Å². The number of esters is 1. The zero-order valence-electron chi connectivity index (χ0n) is 22.1. The highest BCUT2D eigenvalue weighted by Gasteiger charge is 2.54. The number of aliphatic hydroxyl groups excluding tert-OH is 1. The fraction of sp³-hybridized carbons (Fsp3) is 0.679. The van der Waals surface area contributed by atoms with E-state index in [2.05, 4.69) is 6.08 Å². The molecule has 0 unspecified atom stereocenters. The van der Waals surface area contributed by atoms with Crippen LogP contribution in [0, 0.1) is 35.5 Å². The molecule has 8 heteroatoms. The number of carbonyl (C=O) groups excluding carboxylic acids is 3. The van der Waals surface area contributed by atoms with Crippen LogP contribution in [0.4, 0.5) is 0 Å². The molecule has 0 saturated carbocycles. The van der Waals surface area contributed by atoms with Crippen molar-refractivity contribution < 1.29 is 29.0 Å². The number of fused-ring (bicyclic) bond motifs is 1. The predicted octanol–water partition coefficient (Wildman–Crippen LogP) is 5.25. The molecular formula is C28H40Cl2O6. The number of cyclic esters (lactones) is 1. The van der Waals surface area contributed by atoms with Gasteiger partial charge < -0.3 is 14.6 Å². The molecule has 1 aliphatic heterocycles. The van der Waals surface area contributed by atoms with Gasteiger partial charge >= 0.3 is 5.97 Å². The fourth-order valence-electron chi connectivity index (χ4n) is 5.37. The van der Waals surface area contributed by atoms with E-state index in [0.717, 1.165) is 0 Å². The predicted molar refractivity (Wildman–Crippen MR) is 142 cm³/mol. The van der Waals surface area contributed by atoms with Crippen LogP contribution in [0.2, 0.25) is 0 Å². The van der Waals surface area contributed by atoms with Gasteiger partial charge in [-0.05, 0) is 63.9 Å². The molecule has 0 bridgehead atoms. The minimum absolute atomic E-state index is 0.0663. The van der Waals surface area contributed by atoms with Crippen molar-refractivity contribution in [3.05, 3.63) is 36.5 Å². The molecule has 1 heterocycles. The lowest BCUT2D eigenvalue weighted by Crippen LogP contribution is -2.51. The van der Waals surface area contributed by atoms with Crippen molar-refractivity contribution >= 4 is 40.7 Å². The summed E-state index contributed by atoms with van der Waals surface area (Å²) < 4.78 is 8.77. The van der Waals surface area contributed by atoms with Gasteiger partial charge in [-0.3, -0.25) is 14.4 Å². The first kappa shape index (κ1) is 30.8. The summed E-state index contributed by atoms with van der Waals surface area (Å²) in [5.74, 6) is -4.90. The zero-order valence-corrected chi connectivity index (χ0v) is 23.6. The van der Waals surface area contributed by atoms with Gasteiger partial charge in [0.2, 0.25) is 4.33 Å². The number of rotatable bonds is 6. The van der Waals surface area contributed by atoms with Crippen LogP contribution in [0.15, 0.2) is 36.5 Å². The van der Waals surface area contributed by atoms with E-state index in [1.807, 2.05) is 45.9 Å². The number of aliphatic hydroxyl groups is 1. The van der Waals surface area contributed by atoms with Crippen LogP contribution in [0.5, 0.6) is 0 Å². The number of Topliss-reactive ketones (excluding diaryl/α,β-unsaturated/α-hetero) is 2. The van der Waals surface area contributed by atoms with Crippen LogP contribution in [-0.2, 0) is 23.9 Å². The Morgan fingerprint density at radius 1 is 1.03 bits per heavy atom. The second-order valence-corrected chi connectivity index (χ2v) is 11.6. The van der Waals surface area contributed by atoms with Crippen LogP contribution < -0.4 is 0 Å². The van der Waals surface area contributed by atoms with Crippen LogP contribution in [-0.4, -0.2) is 51.9 Å². The molecule has 2 rings (SSSR count). The molecule has 0 spiro atoms. The van der Waals surface area contributed by atoms with Crippen molar-refractivity contribution in [1.29, 1.82) is 0 Å². The van der Waals surface area contributed by atoms with Crippen LogP contribution >= 0.6 is 23.2 Å². The molecule has 2 aliphatic rings. The molecular weight excluding hydrogens is 503 g/mol. The zero-order chi connectivity index (χ0) is 27.3. The van der Waals surface area contributed by atoms with Gasteiger partial charge in [0.15, 0.2) is 11.6 Å². The Hall–Kier alpha value is -1.47. The SMILES string of the molecule is CCO[C@@](C)(CO)C[C@H]1C=C[C@@H]2[C@@H](C(=O)C(Cl)(Cl)C(=O)[C@H](C)C(=O)O[C@@H](C)/C=C/C=C\[C@H]2C)[C@@H]1CC. The van der Waals surface area contributed by atoms with Crippen molar-refractivity contribution in [3.63, 3.8) is 0 Å². The van der Waals surface area contributed by atoms with E-state index >= 15 is 0 Å². The molecule has 1 N–H and O–H groups in total. The van der Waals surface area contributed by atoms with Gasteiger partial charge in [0.25, 0.3) is 0 Å². The summed E-state index contributed by atoms with van der Waals surface area (Å²) in [6.45, 7) is 11.0. The minimum atomic E-state index is -2.41. The molecule has 6 nitrogen and oxygen atoms in total. The minimum Gasteiger partial charge on any atom is -0.458 e. The summed E-state index contributed by atoms with van der Waals surface area (Å²) in [5.41, 5.74) is -0.783. The quantitative estimate of drug-likeness (QED) is 0.213. The van der Waals surface area contributed by atoms with E-state index in [9.17, 15) is 19.5 Å². The van der Waals surface area contributed by atoms with E-state index in [-0.39, 0.29) is 30.3 Å². The molecule has 202 valence electrons. The van der Waals surface area contributed by atoms with Gasteiger partial charge in [-0.2, -0.15) is 0 Å². The highest BCUT2D eigenvalue weighted by atomic mass is 35.5. The summed E-state index contributed by atoms with van der Waals surface area (Å²) in [4.78, 5) is 39.9. The first-order chi connectivity index (χ1) is 16.8. The number of carbonyl (C=O) groups is 3. The number of ketones is 2. The van der Waals surface area contributed by atoms with Crippen molar-refractivity contribution in [3.8, 4) is 0 Å². The maximum Gasteiger partial charge on any atom is 0.316 e. The summed E-state index contributed by atoms with van der Waals surface area (Å²) >= 11 is 13.0. The van der Waals surface area contributed by atoms with Gasteiger partial charge in [0.05, 0.1) is 12.2 Å². The maximum absolute atomic E-state index is 14.0. The van der Waals surface area contributed by atoms with Gasteiger partial charge in [-0.1, -0.05) is 73.9 Å². The molecule has 0 saturated heterocycles. The number of hydrogen-bond acceptors (Lipinski definition) is 6. The Labute approximate surface area is 225 Å². The van der Waals surface area contributed by atoms with Gasteiger partial charge in [0, 0.05) is 12.5 Å². The van der Waals surface area contributed by atoms with Crippen LogP contribution in [0.3, 0.4) is 0 Å². The Kier molecular flexibility index (Phi) is 11.0. The Balaban J connectivity index is 2.60. The second-order valence-electron chi connectivity index (χ2n) is 10.3. The van der Waals surface area contributed by atoms with E-state index in [1.54, 1.807) is 19.1 Å². The van der Waals surface area contributed by atoms with E-state index < -0.39 is 45.4 Å². The Bertz CT molecular complexity index is 894. The third-order valence-electron chi connectivity index (χ3n) is 7.46. The van der Waals surface area contributed by atoms with Gasteiger partial charge in [0.1, 0.15) is 12.0 Å². The second kappa shape index (κ2) is 12.9. The van der Waals surface area contributed by atoms with Crippen molar-refractivity contribution in [2.45, 2.75) is 70.4 Å². The van der Waals surface area contributed by atoms with Crippen molar-refractivity contribution in [2.75, 3.05) is 13.2 Å². The Morgan fingerprint density at radius 3 is 2.25 bits per heavy atom. The average molecular weight is 544 g/mol. The van der Waals surface area contributed by atoms with Crippen LogP contribution in [0.25, 0.3) is 0 Å². The lowest BCUT2D eigenvalue weighted by Gasteiger charge is -2.44. The number of allylic oxidation sites excluding steroid dienone is 5. The molecule has 8 atom stereocenters. The number of alkyl halides is 2. The van der Waals surface area contributed by atoms with Crippen LogP contribution in [0.1, 0.15) is 54.4 Å². The molecule has 0 fully saturated rings. The normalized spacial score (nSPS) is 36.8. The molecule has 0 amide bonds. The third kappa shape index (κ3) is 6.89. The molecule has 0 radical (unpaired) electrons.